The van der Waals surface area contributed by atoms with Crippen molar-refractivity contribution in [2.75, 3.05) is 5.32 Å². The zero-order valence-corrected chi connectivity index (χ0v) is 12.6. The summed E-state index contributed by atoms with van der Waals surface area (Å²) in [5.41, 5.74) is 2.07. The van der Waals surface area contributed by atoms with Gasteiger partial charge in [-0.25, -0.2) is 9.48 Å². The number of pyridine rings is 1. The molecule has 0 saturated heterocycles. The number of fused-ring (bicyclic) bond motifs is 1. The maximum Gasteiger partial charge on any atom is 0.338 e. The maximum absolute atomic E-state index is 12.5. The number of anilines is 1. The Kier molecular flexibility index (Phi) is 3.62. The first kappa shape index (κ1) is 14.2. The highest BCUT2D eigenvalue weighted by Gasteiger charge is 2.34. The Balaban J connectivity index is 2.10. The molecule has 7 nitrogen and oxygen atoms in total. The van der Waals surface area contributed by atoms with E-state index in [0.29, 0.717) is 17.2 Å². The number of allylic oxidation sites excluding steroid dienone is 1. The fourth-order valence-corrected chi connectivity index (χ4v) is 2.48. The van der Waals surface area contributed by atoms with Crippen molar-refractivity contribution in [3.63, 3.8) is 0 Å². The Hall–Kier alpha value is -2.70. The van der Waals surface area contributed by atoms with Crippen molar-refractivity contribution in [3.05, 3.63) is 47.7 Å². The first-order valence-electron chi connectivity index (χ1n) is 7.06. The van der Waals surface area contributed by atoms with Crippen LogP contribution >= 0.6 is 0 Å². The fourth-order valence-electron chi connectivity index (χ4n) is 2.48. The van der Waals surface area contributed by atoms with E-state index in [1.165, 1.54) is 6.33 Å². The summed E-state index contributed by atoms with van der Waals surface area (Å²) in [7, 11) is 0. The van der Waals surface area contributed by atoms with Crippen LogP contribution in [0.2, 0.25) is 0 Å². The average Bonchev–Trinajstić information content (AvgIpc) is 2.93. The molecule has 2 aromatic heterocycles. The Morgan fingerprint density at radius 1 is 1.45 bits per heavy atom. The van der Waals surface area contributed by atoms with Gasteiger partial charge in [-0.15, -0.1) is 0 Å². The number of ether oxygens (including phenoxy) is 1. The molecule has 1 aliphatic heterocycles. The number of nitrogens with one attached hydrogen (secondary N) is 1. The van der Waals surface area contributed by atoms with Gasteiger partial charge in [0.05, 0.1) is 11.7 Å². The Labute approximate surface area is 128 Å². The summed E-state index contributed by atoms with van der Waals surface area (Å²) >= 11 is 0. The lowest BCUT2D eigenvalue weighted by Gasteiger charge is -2.28. The average molecular weight is 299 g/mol. The number of hydrogen-bond acceptors (Lipinski definition) is 6. The van der Waals surface area contributed by atoms with E-state index < -0.39 is 6.04 Å². The van der Waals surface area contributed by atoms with E-state index in [4.69, 9.17) is 4.74 Å². The molecule has 1 N–H and O–H groups in total. The SMILES string of the molecule is CC1=C(C(=O)OC(C)C)[C@@H](c2cccnc2)n2ncnc2N1. The summed E-state index contributed by atoms with van der Waals surface area (Å²) in [6.45, 7) is 5.48. The van der Waals surface area contributed by atoms with Crippen molar-refractivity contribution in [2.45, 2.75) is 32.9 Å². The van der Waals surface area contributed by atoms with Crippen molar-refractivity contribution in [2.24, 2.45) is 0 Å². The molecule has 0 bridgehead atoms. The molecular weight excluding hydrogens is 282 g/mol. The standard InChI is InChI=1S/C15H17N5O2/c1-9(2)22-14(21)12-10(3)19-15-17-8-18-20(15)13(12)11-5-4-6-16-7-11/h4-9,13H,1-3H3,(H,17,18,19)/t13-/m1/s1. The van der Waals surface area contributed by atoms with Gasteiger partial charge in [0.15, 0.2) is 0 Å². The van der Waals surface area contributed by atoms with Gasteiger partial charge in [0.2, 0.25) is 5.95 Å². The third kappa shape index (κ3) is 2.45. The van der Waals surface area contributed by atoms with E-state index in [1.54, 1.807) is 17.1 Å². The van der Waals surface area contributed by atoms with E-state index >= 15 is 0 Å². The highest BCUT2D eigenvalue weighted by atomic mass is 16.5. The van der Waals surface area contributed by atoms with Crippen molar-refractivity contribution in [1.29, 1.82) is 0 Å². The summed E-state index contributed by atoms with van der Waals surface area (Å²) in [4.78, 5) is 20.8. The van der Waals surface area contributed by atoms with Gasteiger partial charge >= 0.3 is 5.97 Å². The third-order valence-electron chi connectivity index (χ3n) is 3.36. The van der Waals surface area contributed by atoms with Crippen molar-refractivity contribution in [1.82, 2.24) is 19.7 Å². The van der Waals surface area contributed by atoms with E-state index in [2.05, 4.69) is 20.4 Å². The van der Waals surface area contributed by atoms with Crippen LogP contribution in [0, 0.1) is 0 Å². The van der Waals surface area contributed by atoms with Crippen LogP contribution in [0.4, 0.5) is 5.95 Å². The molecule has 2 aromatic rings. The number of nitrogens with zero attached hydrogens (tertiary/aromatic N) is 4. The highest BCUT2D eigenvalue weighted by molar-refractivity contribution is 5.92. The predicted octanol–water partition coefficient (Wildman–Crippen LogP) is 1.91. The van der Waals surface area contributed by atoms with Crippen LogP contribution in [0.15, 0.2) is 42.1 Å². The molecule has 0 unspecified atom stereocenters. The largest absolute Gasteiger partial charge is 0.459 e. The van der Waals surface area contributed by atoms with Crippen molar-refractivity contribution >= 4 is 11.9 Å². The Bertz CT molecular complexity index is 721. The van der Waals surface area contributed by atoms with Crippen LogP contribution in [0.25, 0.3) is 0 Å². The zero-order valence-electron chi connectivity index (χ0n) is 12.6. The minimum atomic E-state index is -0.404. The normalized spacial score (nSPS) is 17.2. The zero-order chi connectivity index (χ0) is 15.7. The van der Waals surface area contributed by atoms with Crippen LogP contribution in [0.5, 0.6) is 0 Å². The molecule has 0 radical (unpaired) electrons. The van der Waals surface area contributed by atoms with Crippen LogP contribution < -0.4 is 5.32 Å². The van der Waals surface area contributed by atoms with Crippen LogP contribution in [0.1, 0.15) is 32.4 Å². The van der Waals surface area contributed by atoms with Gasteiger partial charge in [0, 0.05) is 18.1 Å². The number of esters is 1. The second kappa shape index (κ2) is 5.59. The van der Waals surface area contributed by atoms with Crippen LogP contribution in [-0.4, -0.2) is 31.8 Å². The summed E-state index contributed by atoms with van der Waals surface area (Å²) < 4.78 is 7.05. The van der Waals surface area contributed by atoms with Gasteiger partial charge in [-0.3, -0.25) is 4.98 Å². The maximum atomic E-state index is 12.5. The molecule has 3 heterocycles. The minimum absolute atomic E-state index is 0.195. The van der Waals surface area contributed by atoms with E-state index in [9.17, 15) is 4.79 Å². The second-order valence-electron chi connectivity index (χ2n) is 5.33. The number of hydrogen-bond donors (Lipinski definition) is 1. The number of aromatic nitrogens is 4. The number of rotatable bonds is 3. The molecule has 1 aliphatic rings. The van der Waals surface area contributed by atoms with Crippen LogP contribution in [0.3, 0.4) is 0 Å². The Morgan fingerprint density at radius 3 is 2.95 bits per heavy atom. The second-order valence-corrected chi connectivity index (χ2v) is 5.33. The molecule has 1 atom stereocenters. The topological polar surface area (TPSA) is 81.9 Å². The number of carbonyl (C=O) groups is 1. The molecule has 22 heavy (non-hydrogen) atoms. The molecule has 7 heteroatoms. The predicted molar refractivity (Wildman–Crippen MR) is 79.9 cm³/mol. The quantitative estimate of drug-likeness (QED) is 0.872. The first-order chi connectivity index (χ1) is 10.6. The molecule has 0 amide bonds. The summed E-state index contributed by atoms with van der Waals surface area (Å²) in [6.07, 6.45) is 4.67. The molecular formula is C15H17N5O2. The lowest BCUT2D eigenvalue weighted by molar-refractivity contribution is -0.143. The fraction of sp³-hybridized carbons (Fsp3) is 0.333. The third-order valence-corrected chi connectivity index (χ3v) is 3.36. The summed E-state index contributed by atoms with van der Waals surface area (Å²) in [5.74, 6) is 0.224. The summed E-state index contributed by atoms with van der Waals surface area (Å²) in [5, 5.41) is 7.33. The molecule has 0 aliphatic carbocycles. The molecule has 0 fully saturated rings. The first-order valence-corrected chi connectivity index (χ1v) is 7.06. The van der Waals surface area contributed by atoms with Crippen LogP contribution in [-0.2, 0) is 9.53 Å². The molecule has 114 valence electrons. The van der Waals surface area contributed by atoms with Gasteiger partial charge in [0.1, 0.15) is 12.4 Å². The van der Waals surface area contributed by atoms with Gasteiger partial charge in [-0.1, -0.05) is 6.07 Å². The van der Waals surface area contributed by atoms with Crippen molar-refractivity contribution in [3.8, 4) is 0 Å². The van der Waals surface area contributed by atoms with Gasteiger partial charge in [0.25, 0.3) is 0 Å². The van der Waals surface area contributed by atoms with E-state index in [0.717, 1.165) is 5.56 Å². The smallest absolute Gasteiger partial charge is 0.338 e. The van der Waals surface area contributed by atoms with Gasteiger partial charge in [-0.05, 0) is 32.4 Å². The molecule has 0 spiro atoms. The van der Waals surface area contributed by atoms with Crippen molar-refractivity contribution < 1.29 is 9.53 Å². The lowest BCUT2D eigenvalue weighted by atomic mass is 9.97. The lowest BCUT2D eigenvalue weighted by Crippen LogP contribution is -2.30. The van der Waals surface area contributed by atoms with E-state index in [1.807, 2.05) is 32.9 Å². The van der Waals surface area contributed by atoms with Gasteiger partial charge < -0.3 is 10.1 Å². The summed E-state index contributed by atoms with van der Waals surface area (Å²) in [6, 6.07) is 3.33. The molecule has 0 saturated carbocycles. The number of carbonyl (C=O) groups excluding carboxylic acids is 1. The molecule has 3 rings (SSSR count). The van der Waals surface area contributed by atoms with Gasteiger partial charge in [-0.2, -0.15) is 10.1 Å². The molecule has 0 aromatic carbocycles. The van der Waals surface area contributed by atoms with E-state index in [-0.39, 0.29) is 12.1 Å². The Morgan fingerprint density at radius 2 is 2.27 bits per heavy atom. The highest BCUT2D eigenvalue weighted by Crippen LogP contribution is 2.34. The monoisotopic (exact) mass is 299 g/mol. The minimum Gasteiger partial charge on any atom is -0.459 e.